The Morgan fingerprint density at radius 3 is 2.52 bits per heavy atom. The van der Waals surface area contributed by atoms with Crippen LogP contribution in [0.25, 0.3) is 11.0 Å². The van der Waals surface area contributed by atoms with Gasteiger partial charge in [0.2, 0.25) is 0 Å². The number of benzene rings is 1. The number of hydrogen-bond acceptors (Lipinski definition) is 7. The number of aromatic amines is 1. The number of rotatable bonds is 9. The number of aromatic nitrogens is 4. The van der Waals surface area contributed by atoms with Crippen LogP contribution < -0.4 is 10.6 Å². The first kappa shape index (κ1) is 29.5. The summed E-state index contributed by atoms with van der Waals surface area (Å²) in [6.07, 6.45) is -11.5. The van der Waals surface area contributed by atoms with Crippen LogP contribution in [0.3, 0.4) is 0 Å². The number of fused-ring (bicyclic) bond motifs is 1. The number of urea groups is 1. The highest BCUT2D eigenvalue weighted by atomic mass is 19.4. The summed E-state index contributed by atoms with van der Waals surface area (Å²) in [5.41, 5.74) is -0.266. The van der Waals surface area contributed by atoms with Crippen LogP contribution in [0, 0.1) is 5.82 Å². The Morgan fingerprint density at radius 2 is 1.90 bits per heavy atom. The second-order valence-electron chi connectivity index (χ2n) is 10.2. The molecule has 0 bridgehead atoms. The molecule has 1 aliphatic heterocycles. The lowest BCUT2D eigenvalue weighted by atomic mass is 10.1. The van der Waals surface area contributed by atoms with Crippen LogP contribution in [0.2, 0.25) is 0 Å². The average molecular weight is 607 g/mol. The van der Waals surface area contributed by atoms with Crippen molar-refractivity contribution >= 4 is 23.0 Å². The van der Waals surface area contributed by atoms with Crippen molar-refractivity contribution in [3.8, 4) is 0 Å². The number of carbonyl (C=O) groups excluding carboxylic acids is 2. The van der Waals surface area contributed by atoms with E-state index in [2.05, 4.69) is 30.2 Å². The number of alkyl halides is 6. The summed E-state index contributed by atoms with van der Waals surface area (Å²) in [5.74, 6) is -2.02. The molecule has 3 heterocycles. The number of H-pyrrole nitrogens is 1. The first-order valence-corrected chi connectivity index (χ1v) is 12.8. The van der Waals surface area contributed by atoms with Crippen molar-refractivity contribution in [3.05, 3.63) is 40.7 Å². The molecule has 42 heavy (non-hydrogen) atoms. The van der Waals surface area contributed by atoms with Crippen LogP contribution in [0.4, 0.5) is 35.5 Å². The molecule has 2 aromatic heterocycles. The molecule has 228 valence electrons. The normalized spacial score (nSPS) is 20.1. The molecule has 3 aromatic rings. The molecular weight excluding hydrogens is 583 g/mol. The van der Waals surface area contributed by atoms with E-state index in [-0.39, 0.29) is 34.0 Å². The number of nitrogens with zero attached hydrogens (tertiary/aromatic N) is 4. The molecule has 1 saturated heterocycles. The quantitative estimate of drug-likeness (QED) is 0.310. The molecule has 4 atom stereocenters. The number of hydrogen-bond donors (Lipinski definition) is 3. The van der Waals surface area contributed by atoms with E-state index in [1.807, 2.05) is 0 Å². The molecule has 18 heteroatoms. The molecule has 1 aromatic carbocycles. The van der Waals surface area contributed by atoms with Crippen molar-refractivity contribution < 1.29 is 49.7 Å². The Morgan fingerprint density at radius 1 is 1.19 bits per heavy atom. The number of imidazole rings is 1. The maximum absolute atomic E-state index is 15.5. The molecule has 3 amide bonds. The molecule has 1 aliphatic carbocycles. The summed E-state index contributed by atoms with van der Waals surface area (Å²) >= 11 is 0. The zero-order chi connectivity index (χ0) is 30.6. The standard InChI is InChI=1S/C24H24F7N7O4/c1-9(41-10(2)23(26,27)28)16(35-21(39)19-17(11-3-4-11)36-42-37-19)20-32-13-6-5-12(15(25)18(13)34-20)7-38-8-14(24(29,30)31)33-22(38)40/h5-6,9-11,14,16H,3-4,7-8H2,1-2H3,(H,32,34)(H,33,40)(H,35,39)/t9-,10-,14+,16+/m1/s1. The van der Waals surface area contributed by atoms with Gasteiger partial charge in [0.05, 0.1) is 24.7 Å². The number of ether oxygens (including phenoxy) is 1. The largest absolute Gasteiger partial charge is 0.414 e. The van der Waals surface area contributed by atoms with Crippen molar-refractivity contribution in [3.63, 3.8) is 0 Å². The van der Waals surface area contributed by atoms with Crippen LogP contribution in [0.15, 0.2) is 16.8 Å². The van der Waals surface area contributed by atoms with Crippen LogP contribution in [-0.2, 0) is 11.3 Å². The summed E-state index contributed by atoms with van der Waals surface area (Å²) < 4.78 is 104. The van der Waals surface area contributed by atoms with Crippen molar-refractivity contribution in [2.75, 3.05) is 6.54 Å². The molecule has 0 unspecified atom stereocenters. The number of amides is 3. The van der Waals surface area contributed by atoms with Crippen molar-refractivity contribution in [2.24, 2.45) is 0 Å². The average Bonchev–Trinajstić information content (AvgIpc) is 3.29. The van der Waals surface area contributed by atoms with Crippen LogP contribution >= 0.6 is 0 Å². The van der Waals surface area contributed by atoms with Gasteiger partial charge in [-0.3, -0.25) is 4.79 Å². The second kappa shape index (κ2) is 10.7. The van der Waals surface area contributed by atoms with Gasteiger partial charge in [0, 0.05) is 11.5 Å². The van der Waals surface area contributed by atoms with E-state index in [1.54, 1.807) is 5.32 Å². The molecule has 0 spiro atoms. The van der Waals surface area contributed by atoms with Crippen molar-refractivity contribution in [1.82, 2.24) is 35.8 Å². The number of carbonyl (C=O) groups is 2. The zero-order valence-corrected chi connectivity index (χ0v) is 21.9. The zero-order valence-electron chi connectivity index (χ0n) is 21.9. The van der Waals surface area contributed by atoms with Gasteiger partial charge in [-0.15, -0.1) is 0 Å². The van der Waals surface area contributed by atoms with Gasteiger partial charge in [-0.25, -0.2) is 18.8 Å². The minimum Gasteiger partial charge on any atom is -0.364 e. The van der Waals surface area contributed by atoms with Crippen LogP contribution in [0.1, 0.15) is 66.2 Å². The first-order valence-electron chi connectivity index (χ1n) is 12.8. The van der Waals surface area contributed by atoms with Crippen LogP contribution in [0.5, 0.6) is 0 Å². The SMILES string of the molecule is C[C@@H](O[C@H](C)C(F)(F)F)[C@H](NC(=O)c1nonc1C1CC1)c1nc2c(F)c(CN3C[C@@H](C(F)(F)F)NC3=O)ccc2[nH]1. The Kier molecular flexibility index (Phi) is 7.53. The summed E-state index contributed by atoms with van der Waals surface area (Å²) in [6, 6.07) is -1.94. The van der Waals surface area contributed by atoms with Crippen molar-refractivity contribution in [2.45, 2.75) is 75.8 Å². The molecule has 3 N–H and O–H groups in total. The van der Waals surface area contributed by atoms with Gasteiger partial charge in [0.15, 0.2) is 17.6 Å². The second-order valence-corrected chi connectivity index (χ2v) is 10.2. The molecular formula is C24H24F7N7O4. The Balaban J connectivity index is 1.43. The van der Waals surface area contributed by atoms with E-state index in [4.69, 9.17) is 4.74 Å². The van der Waals surface area contributed by atoms with Gasteiger partial charge in [-0.2, -0.15) is 26.3 Å². The molecule has 0 radical (unpaired) electrons. The summed E-state index contributed by atoms with van der Waals surface area (Å²) in [5, 5.41) is 11.6. The highest BCUT2D eigenvalue weighted by Gasteiger charge is 2.47. The van der Waals surface area contributed by atoms with E-state index in [0.717, 1.165) is 24.7 Å². The third-order valence-electron chi connectivity index (χ3n) is 7.06. The van der Waals surface area contributed by atoms with E-state index in [0.29, 0.717) is 5.69 Å². The number of nitrogens with one attached hydrogen (secondary N) is 3. The fourth-order valence-corrected chi connectivity index (χ4v) is 4.56. The third-order valence-corrected chi connectivity index (χ3v) is 7.06. The van der Waals surface area contributed by atoms with E-state index >= 15 is 4.39 Å². The Labute approximate surface area is 232 Å². The molecule has 11 nitrogen and oxygen atoms in total. The lowest BCUT2D eigenvalue weighted by Gasteiger charge is -2.27. The minimum absolute atomic E-state index is 0.0443. The Hall–Kier alpha value is -3.96. The predicted octanol–water partition coefficient (Wildman–Crippen LogP) is 4.25. The molecule has 5 rings (SSSR count). The molecule has 2 aliphatic rings. The van der Waals surface area contributed by atoms with E-state index in [1.165, 1.54) is 19.1 Å². The fourth-order valence-electron chi connectivity index (χ4n) is 4.56. The van der Waals surface area contributed by atoms with Gasteiger partial charge in [0.25, 0.3) is 5.91 Å². The summed E-state index contributed by atoms with van der Waals surface area (Å²) in [6.45, 7) is 0.804. The molecule has 2 fully saturated rings. The highest BCUT2D eigenvalue weighted by molar-refractivity contribution is 5.93. The highest BCUT2D eigenvalue weighted by Crippen LogP contribution is 2.40. The van der Waals surface area contributed by atoms with E-state index < -0.39 is 67.5 Å². The molecule has 1 saturated carbocycles. The predicted molar refractivity (Wildman–Crippen MR) is 127 cm³/mol. The third kappa shape index (κ3) is 5.98. The maximum atomic E-state index is 15.5. The van der Waals surface area contributed by atoms with E-state index in [9.17, 15) is 35.9 Å². The monoisotopic (exact) mass is 607 g/mol. The van der Waals surface area contributed by atoms with Gasteiger partial charge < -0.3 is 25.3 Å². The van der Waals surface area contributed by atoms with Gasteiger partial charge in [-0.1, -0.05) is 11.2 Å². The lowest BCUT2D eigenvalue weighted by Crippen LogP contribution is -2.41. The summed E-state index contributed by atoms with van der Waals surface area (Å²) in [4.78, 5) is 32.8. The first-order chi connectivity index (χ1) is 19.6. The van der Waals surface area contributed by atoms with Gasteiger partial charge in [-0.05, 0) is 37.9 Å². The lowest BCUT2D eigenvalue weighted by molar-refractivity contribution is -0.227. The maximum Gasteiger partial charge on any atom is 0.414 e. The smallest absolute Gasteiger partial charge is 0.364 e. The van der Waals surface area contributed by atoms with Gasteiger partial charge in [0.1, 0.15) is 29.1 Å². The number of halogens is 7. The van der Waals surface area contributed by atoms with Crippen LogP contribution in [-0.4, -0.2) is 74.3 Å². The van der Waals surface area contributed by atoms with Gasteiger partial charge >= 0.3 is 18.4 Å². The Bertz CT molecular complexity index is 1480. The van der Waals surface area contributed by atoms with Crippen molar-refractivity contribution in [1.29, 1.82) is 0 Å². The minimum atomic E-state index is -4.72. The topological polar surface area (TPSA) is 138 Å². The summed E-state index contributed by atoms with van der Waals surface area (Å²) in [7, 11) is 0. The fraction of sp³-hybridized carbons (Fsp3) is 0.542.